The van der Waals surface area contributed by atoms with Crippen LogP contribution >= 0.6 is 0 Å². The second-order valence-electron chi connectivity index (χ2n) is 5.15. The van der Waals surface area contributed by atoms with Gasteiger partial charge in [0.15, 0.2) is 0 Å². The fourth-order valence-corrected chi connectivity index (χ4v) is 2.44. The van der Waals surface area contributed by atoms with Crippen molar-refractivity contribution in [3.63, 3.8) is 0 Å². The van der Waals surface area contributed by atoms with E-state index in [9.17, 15) is 24.9 Å². The van der Waals surface area contributed by atoms with Gasteiger partial charge in [0, 0.05) is 13.5 Å². The zero-order valence-electron chi connectivity index (χ0n) is 15.1. The Morgan fingerprint density at radius 1 is 1.42 bits per heavy atom. The SMILES string of the molecule is [2H]C([2H])(O)C(=O)N[C@H]1[C@H]([C@H](O)[C@H](O)CO)O[C@](OC)(C(=O)OC)C[C@@H]1O. The fourth-order valence-electron chi connectivity index (χ4n) is 2.44. The minimum Gasteiger partial charge on any atom is -0.465 e. The van der Waals surface area contributed by atoms with Crippen LogP contribution in [0.5, 0.6) is 0 Å². The smallest absolute Gasteiger partial charge is 0.366 e. The largest absolute Gasteiger partial charge is 0.465 e. The number of aliphatic hydroxyl groups excluding tert-OH is 4. The van der Waals surface area contributed by atoms with Gasteiger partial charge in [0.05, 0.1) is 28.6 Å². The third-order valence-corrected chi connectivity index (χ3v) is 3.72. The summed E-state index contributed by atoms with van der Waals surface area (Å²) in [7, 11) is 2.07. The summed E-state index contributed by atoms with van der Waals surface area (Å²) in [6.07, 6.45) is -7.66. The highest BCUT2D eigenvalue weighted by molar-refractivity contribution is 5.79. The van der Waals surface area contributed by atoms with Gasteiger partial charge in [-0.15, -0.1) is 0 Å². The number of hydrogen-bond acceptors (Lipinski definition) is 10. The molecule has 1 heterocycles. The number of aliphatic hydroxyl groups is 5. The summed E-state index contributed by atoms with van der Waals surface area (Å²) in [6, 6.07) is -1.56. The Balaban J connectivity index is 3.23. The molecule has 6 N–H and O–H groups in total. The molecule has 0 unspecified atom stereocenters. The minimum absolute atomic E-state index is 0.575. The monoisotopic (exact) mass is 355 g/mol. The average Bonchev–Trinajstić information content (AvgIpc) is 2.59. The molecular weight excluding hydrogens is 330 g/mol. The normalized spacial score (nSPS) is 34.5. The Kier molecular flexibility index (Phi) is 6.31. The first kappa shape index (κ1) is 17.5. The summed E-state index contributed by atoms with van der Waals surface area (Å²) in [5.41, 5.74) is 0. The lowest BCUT2D eigenvalue weighted by Gasteiger charge is -2.46. The summed E-state index contributed by atoms with van der Waals surface area (Å²) >= 11 is 0. The third-order valence-electron chi connectivity index (χ3n) is 3.72. The highest BCUT2D eigenvalue weighted by Crippen LogP contribution is 2.33. The van der Waals surface area contributed by atoms with Crippen LogP contribution in [0.1, 0.15) is 9.16 Å². The molecule has 0 aliphatic carbocycles. The molecule has 0 aromatic carbocycles. The standard InChI is InChI=1S/C13H23NO10/c1-22-12(21)13(23-2)3-6(17)9(14-8(19)5-16)11(24-13)10(20)7(18)4-15/h6-7,9-11,15-18,20H,3-5H2,1-2H3,(H,14,19)/t6-,7+,9+,10+,11+,13-/m0/s1/i5D2. The van der Waals surface area contributed by atoms with Crippen LogP contribution in [0.25, 0.3) is 0 Å². The van der Waals surface area contributed by atoms with Crippen LogP contribution in [0.3, 0.4) is 0 Å². The lowest BCUT2D eigenvalue weighted by molar-refractivity contribution is -0.305. The van der Waals surface area contributed by atoms with E-state index in [1.165, 1.54) is 0 Å². The van der Waals surface area contributed by atoms with E-state index < -0.39 is 67.7 Å². The molecule has 1 aliphatic heterocycles. The van der Waals surface area contributed by atoms with Crippen LogP contribution in [-0.2, 0) is 23.8 Å². The molecular formula is C13H23NO10. The number of hydrogen-bond donors (Lipinski definition) is 6. The Bertz CT molecular complexity index is 516. The zero-order chi connectivity index (χ0) is 20.3. The van der Waals surface area contributed by atoms with Crippen molar-refractivity contribution in [1.29, 1.82) is 0 Å². The number of esters is 1. The van der Waals surface area contributed by atoms with E-state index in [2.05, 4.69) is 4.74 Å². The number of amides is 1. The van der Waals surface area contributed by atoms with Gasteiger partial charge >= 0.3 is 5.97 Å². The highest BCUT2D eigenvalue weighted by Gasteiger charge is 2.55. The number of rotatable bonds is 7. The molecule has 1 fully saturated rings. The van der Waals surface area contributed by atoms with Gasteiger partial charge in [-0.3, -0.25) is 4.79 Å². The van der Waals surface area contributed by atoms with Gasteiger partial charge in [0.1, 0.15) is 24.9 Å². The molecule has 11 heteroatoms. The molecule has 0 radical (unpaired) electrons. The van der Waals surface area contributed by atoms with Crippen molar-refractivity contribution >= 4 is 11.9 Å². The third kappa shape index (κ3) is 4.19. The molecule has 1 aliphatic rings. The molecule has 0 saturated carbocycles. The van der Waals surface area contributed by atoms with Gasteiger partial charge in [0.2, 0.25) is 5.91 Å². The van der Waals surface area contributed by atoms with E-state index in [0.717, 1.165) is 14.2 Å². The van der Waals surface area contributed by atoms with E-state index in [0.29, 0.717) is 0 Å². The van der Waals surface area contributed by atoms with Gasteiger partial charge in [-0.1, -0.05) is 0 Å². The van der Waals surface area contributed by atoms with Crippen molar-refractivity contribution in [2.75, 3.05) is 27.4 Å². The molecule has 1 saturated heterocycles. The molecule has 140 valence electrons. The maximum atomic E-state index is 12.0. The number of ether oxygens (including phenoxy) is 3. The van der Waals surface area contributed by atoms with Crippen molar-refractivity contribution < 1.29 is 52.1 Å². The summed E-state index contributed by atoms with van der Waals surface area (Å²) in [6.45, 7) is -4.22. The average molecular weight is 355 g/mol. The Labute approximate surface area is 140 Å². The minimum atomic E-state index is -3.30. The number of nitrogens with one attached hydrogen (secondary N) is 1. The first-order chi connectivity index (χ1) is 11.9. The number of carbonyl (C=O) groups is 2. The molecule has 11 nitrogen and oxygen atoms in total. The summed E-state index contributed by atoms with van der Waals surface area (Å²) < 4.78 is 28.8. The summed E-state index contributed by atoms with van der Waals surface area (Å²) in [4.78, 5) is 23.7. The lowest BCUT2D eigenvalue weighted by atomic mass is 9.88. The first-order valence-electron chi connectivity index (χ1n) is 7.93. The van der Waals surface area contributed by atoms with Crippen LogP contribution < -0.4 is 5.32 Å². The van der Waals surface area contributed by atoms with Crippen LogP contribution in [0.2, 0.25) is 0 Å². The summed E-state index contributed by atoms with van der Waals surface area (Å²) in [5.74, 6) is -4.81. The number of carbonyl (C=O) groups excluding carboxylic acids is 2. The summed E-state index contributed by atoms with van der Waals surface area (Å²) in [5, 5.41) is 50.2. The molecule has 0 aromatic heterocycles. The molecule has 0 bridgehead atoms. The van der Waals surface area contributed by atoms with Crippen LogP contribution in [-0.4, -0.2) is 101 Å². The highest BCUT2D eigenvalue weighted by atomic mass is 16.7. The Morgan fingerprint density at radius 3 is 2.50 bits per heavy atom. The quantitative estimate of drug-likeness (QED) is 0.246. The molecule has 0 spiro atoms. The van der Waals surface area contributed by atoms with Crippen LogP contribution in [0.15, 0.2) is 0 Å². The maximum Gasteiger partial charge on any atom is 0.366 e. The van der Waals surface area contributed by atoms with Gasteiger partial charge in [-0.05, 0) is 0 Å². The van der Waals surface area contributed by atoms with Gasteiger partial charge in [0.25, 0.3) is 5.79 Å². The Morgan fingerprint density at radius 2 is 2.04 bits per heavy atom. The van der Waals surface area contributed by atoms with E-state index in [1.807, 2.05) is 5.32 Å². The van der Waals surface area contributed by atoms with Crippen LogP contribution in [0.4, 0.5) is 0 Å². The van der Waals surface area contributed by atoms with E-state index >= 15 is 0 Å². The second kappa shape index (κ2) is 8.67. The predicted molar refractivity (Wildman–Crippen MR) is 75.4 cm³/mol. The predicted octanol–water partition coefficient (Wildman–Crippen LogP) is -4.16. The van der Waals surface area contributed by atoms with Crippen LogP contribution in [0, 0.1) is 0 Å². The topological polar surface area (TPSA) is 175 Å². The molecule has 24 heavy (non-hydrogen) atoms. The Hall–Kier alpha value is -1.34. The molecule has 1 amide bonds. The zero-order valence-corrected chi connectivity index (χ0v) is 13.1. The first-order valence-corrected chi connectivity index (χ1v) is 6.93. The van der Waals surface area contributed by atoms with Gasteiger partial charge in [-0.25, -0.2) is 4.79 Å². The molecule has 0 aromatic rings. The van der Waals surface area contributed by atoms with Crippen molar-refractivity contribution in [1.82, 2.24) is 5.32 Å². The van der Waals surface area contributed by atoms with Gasteiger partial charge in [-0.2, -0.15) is 0 Å². The van der Waals surface area contributed by atoms with Crippen molar-refractivity contribution in [2.24, 2.45) is 0 Å². The second-order valence-corrected chi connectivity index (χ2v) is 5.15. The van der Waals surface area contributed by atoms with E-state index in [1.54, 1.807) is 0 Å². The fraction of sp³-hybridized carbons (Fsp3) is 0.846. The van der Waals surface area contributed by atoms with E-state index in [-0.39, 0.29) is 0 Å². The lowest BCUT2D eigenvalue weighted by Crippen LogP contribution is -2.68. The maximum absolute atomic E-state index is 12.0. The van der Waals surface area contributed by atoms with Crippen molar-refractivity contribution in [2.45, 2.75) is 42.7 Å². The molecule has 1 rings (SSSR count). The molecule has 6 atom stereocenters. The van der Waals surface area contributed by atoms with E-state index in [4.69, 9.17) is 22.4 Å². The van der Waals surface area contributed by atoms with Crippen molar-refractivity contribution in [3.05, 3.63) is 0 Å². The van der Waals surface area contributed by atoms with Crippen molar-refractivity contribution in [3.8, 4) is 0 Å². The number of methoxy groups -OCH3 is 2. The van der Waals surface area contributed by atoms with Gasteiger partial charge < -0.3 is 45.1 Å².